The van der Waals surface area contributed by atoms with Gasteiger partial charge in [0.05, 0.1) is 0 Å². The first kappa shape index (κ1) is 30.3. The molecule has 0 saturated heterocycles. The normalized spacial score (nSPS) is 10.6. The Balaban J connectivity index is 0.000000425. The van der Waals surface area contributed by atoms with Crippen molar-refractivity contribution in [3.63, 3.8) is 0 Å². The van der Waals surface area contributed by atoms with Gasteiger partial charge < -0.3 is 4.57 Å². The molecular weight excluding hydrogens is 426 g/mol. The molecule has 0 aliphatic carbocycles. The van der Waals surface area contributed by atoms with Crippen LogP contribution in [0.3, 0.4) is 0 Å². The Morgan fingerprint density at radius 1 is 0.688 bits per heavy atom. The molecule has 3 heteroatoms. The first-order valence-electron chi connectivity index (χ1n) is 11.2. The van der Waals surface area contributed by atoms with Crippen LogP contribution in [0.15, 0.2) is 91.0 Å². The smallest absolute Gasteiger partial charge is 0.109 e. The highest BCUT2D eigenvalue weighted by molar-refractivity contribution is 7.70. The first-order valence-corrected chi connectivity index (χ1v) is 15.8. The molecule has 0 amide bonds. The van der Waals surface area contributed by atoms with E-state index in [1.807, 2.05) is 36.4 Å². The zero-order valence-corrected chi connectivity index (χ0v) is 23.5. The van der Waals surface area contributed by atoms with Gasteiger partial charge in [0, 0.05) is 5.30 Å². The summed E-state index contributed by atoms with van der Waals surface area (Å²) >= 11 is 0. The van der Waals surface area contributed by atoms with Crippen molar-refractivity contribution in [3.05, 3.63) is 102 Å². The minimum absolute atomic E-state index is 0.293. The molecule has 0 heterocycles. The van der Waals surface area contributed by atoms with E-state index in [9.17, 15) is 4.57 Å². The monoisotopic (exact) mass is 470 g/mol. The van der Waals surface area contributed by atoms with Crippen molar-refractivity contribution in [1.82, 2.24) is 0 Å². The highest BCUT2D eigenvalue weighted by Gasteiger charge is 2.11. The lowest BCUT2D eigenvalue weighted by Gasteiger charge is -2.18. The first-order chi connectivity index (χ1) is 14.9. The highest BCUT2D eigenvalue weighted by atomic mass is 31.2. The highest BCUT2D eigenvalue weighted by Crippen LogP contribution is 2.33. The molecule has 0 aliphatic heterocycles. The third-order valence-electron chi connectivity index (χ3n) is 4.48. The SMILES string of the molecule is CC(C)(C)c1ccccc1.CC(C)c1ccccc1.CP(C)(=O)c1ccccc1.CPC. The Morgan fingerprint density at radius 2 is 1.03 bits per heavy atom. The van der Waals surface area contributed by atoms with Crippen molar-refractivity contribution >= 4 is 21.0 Å². The van der Waals surface area contributed by atoms with Crippen LogP contribution in [0, 0.1) is 0 Å². The standard InChI is InChI=1S/C10H14.C9H12.C8H11OP.C2H7P/c1-10(2,3)9-7-5-4-6-8-9;1-8(2)9-6-4-3-5-7-9;1-10(2,9)8-6-4-3-5-7-8;1-3-2/h4-8H,1-3H3;3-8H,1-2H3;3-7H,1-2H3;3H,1-2H3. The maximum atomic E-state index is 11.4. The molecule has 0 atom stereocenters. The summed E-state index contributed by atoms with van der Waals surface area (Å²) in [7, 11) is -0.935. The van der Waals surface area contributed by atoms with Gasteiger partial charge in [-0.25, -0.2) is 0 Å². The molecule has 0 N–H and O–H groups in total. The van der Waals surface area contributed by atoms with Crippen LogP contribution < -0.4 is 5.30 Å². The van der Waals surface area contributed by atoms with Crippen LogP contribution in [-0.4, -0.2) is 26.7 Å². The van der Waals surface area contributed by atoms with Crippen molar-refractivity contribution in [3.8, 4) is 0 Å². The van der Waals surface area contributed by atoms with E-state index in [4.69, 9.17) is 0 Å². The zero-order valence-electron chi connectivity index (χ0n) is 21.6. The van der Waals surface area contributed by atoms with Crippen LogP contribution in [0.2, 0.25) is 0 Å². The fourth-order valence-corrected chi connectivity index (χ4v) is 3.45. The molecule has 0 bridgehead atoms. The molecule has 0 fully saturated rings. The second-order valence-corrected chi connectivity index (χ2v) is 13.6. The number of hydrogen-bond acceptors (Lipinski definition) is 1. The van der Waals surface area contributed by atoms with Gasteiger partial charge >= 0.3 is 0 Å². The Kier molecular flexibility index (Phi) is 15.2. The third-order valence-corrected chi connectivity index (χ3v) is 6.03. The van der Waals surface area contributed by atoms with E-state index in [2.05, 4.69) is 103 Å². The molecule has 3 aromatic carbocycles. The van der Waals surface area contributed by atoms with E-state index in [1.165, 1.54) is 11.1 Å². The predicted octanol–water partition coefficient (Wildman–Crippen LogP) is 8.65. The number of rotatable bonds is 2. The molecule has 1 nitrogen and oxygen atoms in total. The molecular formula is C29H44OP2. The van der Waals surface area contributed by atoms with Crippen LogP contribution in [0.25, 0.3) is 0 Å². The summed E-state index contributed by atoms with van der Waals surface area (Å²) in [5.74, 6) is 0.659. The molecule has 0 radical (unpaired) electrons. The summed E-state index contributed by atoms with van der Waals surface area (Å²) in [5.41, 5.74) is 3.11. The van der Waals surface area contributed by atoms with Gasteiger partial charge in [0.25, 0.3) is 0 Å². The molecule has 3 rings (SSSR count). The Labute approximate surface area is 200 Å². The minimum Gasteiger partial charge on any atom is -0.319 e. The van der Waals surface area contributed by atoms with Crippen LogP contribution in [0.1, 0.15) is 51.7 Å². The average Bonchev–Trinajstić information content (AvgIpc) is 2.76. The van der Waals surface area contributed by atoms with E-state index in [0.717, 1.165) is 13.9 Å². The number of hydrogen-bond donors (Lipinski definition) is 0. The van der Waals surface area contributed by atoms with E-state index in [0.29, 0.717) is 11.3 Å². The van der Waals surface area contributed by atoms with Crippen LogP contribution in [0.5, 0.6) is 0 Å². The molecule has 0 aliphatic rings. The fourth-order valence-electron chi connectivity index (χ4n) is 2.56. The van der Waals surface area contributed by atoms with E-state index in [-0.39, 0.29) is 0 Å². The van der Waals surface area contributed by atoms with Gasteiger partial charge in [0.15, 0.2) is 0 Å². The van der Waals surface area contributed by atoms with Gasteiger partial charge in [-0.15, -0.1) is 8.58 Å². The summed E-state index contributed by atoms with van der Waals surface area (Å²) in [6.45, 7) is 18.9. The van der Waals surface area contributed by atoms with Gasteiger partial charge in [0.1, 0.15) is 7.14 Å². The maximum absolute atomic E-state index is 11.4. The molecule has 0 unspecified atom stereocenters. The molecule has 0 aromatic heterocycles. The van der Waals surface area contributed by atoms with Gasteiger partial charge in [-0.05, 0) is 49.1 Å². The molecule has 3 aromatic rings. The Bertz CT molecular complexity index is 861. The predicted molar refractivity (Wildman–Crippen MR) is 151 cm³/mol. The second kappa shape index (κ2) is 16.0. The molecule has 176 valence electrons. The van der Waals surface area contributed by atoms with Crippen LogP contribution in [-0.2, 0) is 9.98 Å². The molecule has 32 heavy (non-hydrogen) atoms. The van der Waals surface area contributed by atoms with Crippen molar-refractivity contribution in [1.29, 1.82) is 0 Å². The Morgan fingerprint density at radius 3 is 1.25 bits per heavy atom. The average molecular weight is 471 g/mol. The fraction of sp³-hybridized carbons (Fsp3) is 0.379. The van der Waals surface area contributed by atoms with Gasteiger partial charge in [-0.3, -0.25) is 0 Å². The summed E-state index contributed by atoms with van der Waals surface area (Å²) in [5, 5.41) is 0.954. The largest absolute Gasteiger partial charge is 0.319 e. The quantitative estimate of drug-likeness (QED) is 0.343. The van der Waals surface area contributed by atoms with Crippen LogP contribution >= 0.6 is 15.7 Å². The molecule has 0 saturated carbocycles. The summed E-state index contributed by atoms with van der Waals surface area (Å²) in [4.78, 5) is 0. The van der Waals surface area contributed by atoms with Crippen molar-refractivity contribution < 1.29 is 4.57 Å². The third kappa shape index (κ3) is 14.4. The van der Waals surface area contributed by atoms with Gasteiger partial charge in [-0.1, -0.05) is 126 Å². The summed E-state index contributed by atoms with van der Waals surface area (Å²) in [6.07, 6.45) is 0. The summed E-state index contributed by atoms with van der Waals surface area (Å²) < 4.78 is 11.4. The van der Waals surface area contributed by atoms with Crippen molar-refractivity contribution in [2.45, 2.75) is 46.0 Å². The van der Waals surface area contributed by atoms with Crippen molar-refractivity contribution in [2.75, 3.05) is 26.7 Å². The Hall–Kier alpha value is -1.68. The minimum atomic E-state index is -2.02. The van der Waals surface area contributed by atoms with Gasteiger partial charge in [0.2, 0.25) is 0 Å². The topological polar surface area (TPSA) is 17.1 Å². The lowest BCUT2D eigenvalue weighted by Crippen LogP contribution is -2.10. The van der Waals surface area contributed by atoms with Crippen molar-refractivity contribution in [2.24, 2.45) is 0 Å². The summed E-state index contributed by atoms with van der Waals surface area (Å²) in [6, 6.07) is 30.6. The maximum Gasteiger partial charge on any atom is 0.109 e. The molecule has 0 spiro atoms. The van der Waals surface area contributed by atoms with Crippen LogP contribution in [0.4, 0.5) is 0 Å². The van der Waals surface area contributed by atoms with Gasteiger partial charge in [-0.2, -0.15) is 0 Å². The van der Waals surface area contributed by atoms with E-state index in [1.54, 1.807) is 13.3 Å². The van der Waals surface area contributed by atoms with E-state index < -0.39 is 7.14 Å². The second-order valence-electron chi connectivity index (χ2n) is 9.37. The zero-order chi connectivity index (χ0) is 24.6. The van der Waals surface area contributed by atoms with E-state index >= 15 is 0 Å². The lowest BCUT2D eigenvalue weighted by molar-refractivity contribution is 0.588. The number of benzene rings is 3. The lowest BCUT2D eigenvalue weighted by atomic mass is 9.87.